The second-order valence-electron chi connectivity index (χ2n) is 7.93. The molecule has 0 aromatic heterocycles. The summed E-state index contributed by atoms with van der Waals surface area (Å²) in [5.41, 5.74) is 8.90. The number of ketones is 1. The van der Waals surface area contributed by atoms with Crippen molar-refractivity contribution < 1.29 is 14.7 Å². The highest BCUT2D eigenvalue weighted by molar-refractivity contribution is 6.17. The Labute approximate surface area is 170 Å². The first-order valence-electron chi connectivity index (χ1n) is 9.31. The summed E-state index contributed by atoms with van der Waals surface area (Å²) in [6, 6.07) is 18.2. The van der Waals surface area contributed by atoms with Gasteiger partial charge in [0.05, 0.1) is 11.4 Å². The SMILES string of the molecule is CC(C)(C)c1ccc(C(=O)Nc2c(N)cccc2C(=O)c2ccc(O)cc2)cc1. The number of carbonyl (C=O) groups is 2. The number of nitrogens with one attached hydrogen (secondary N) is 1. The summed E-state index contributed by atoms with van der Waals surface area (Å²) in [6.45, 7) is 6.32. The van der Waals surface area contributed by atoms with Gasteiger partial charge in [0.15, 0.2) is 5.78 Å². The Bertz CT molecular complexity index is 1050. The molecule has 0 aliphatic carbocycles. The number of benzene rings is 3. The first kappa shape index (κ1) is 20.1. The van der Waals surface area contributed by atoms with Crippen LogP contribution in [-0.4, -0.2) is 16.8 Å². The summed E-state index contributed by atoms with van der Waals surface area (Å²) in [7, 11) is 0. The van der Waals surface area contributed by atoms with Gasteiger partial charge in [-0.25, -0.2) is 0 Å². The van der Waals surface area contributed by atoms with Gasteiger partial charge in [-0.05, 0) is 59.5 Å². The Morgan fingerprint density at radius 1 is 0.862 bits per heavy atom. The van der Waals surface area contributed by atoms with Crippen LogP contribution in [0.15, 0.2) is 66.7 Å². The third-order valence-corrected chi connectivity index (χ3v) is 4.72. The first-order chi connectivity index (χ1) is 13.7. The van der Waals surface area contributed by atoms with Gasteiger partial charge in [-0.3, -0.25) is 9.59 Å². The van der Waals surface area contributed by atoms with Crippen LogP contribution < -0.4 is 11.1 Å². The molecule has 148 valence electrons. The first-order valence-corrected chi connectivity index (χ1v) is 9.31. The number of hydrogen-bond acceptors (Lipinski definition) is 4. The van der Waals surface area contributed by atoms with Crippen LogP contribution >= 0.6 is 0 Å². The molecule has 0 unspecified atom stereocenters. The molecule has 0 saturated carbocycles. The maximum atomic E-state index is 12.9. The van der Waals surface area contributed by atoms with E-state index in [1.807, 2.05) is 12.1 Å². The third-order valence-electron chi connectivity index (χ3n) is 4.72. The van der Waals surface area contributed by atoms with Gasteiger partial charge in [0.2, 0.25) is 0 Å². The largest absolute Gasteiger partial charge is 0.508 e. The van der Waals surface area contributed by atoms with Crippen LogP contribution in [0.25, 0.3) is 0 Å². The van der Waals surface area contributed by atoms with Gasteiger partial charge in [-0.15, -0.1) is 0 Å². The van der Waals surface area contributed by atoms with Crippen molar-refractivity contribution in [2.75, 3.05) is 11.1 Å². The summed E-state index contributed by atoms with van der Waals surface area (Å²) < 4.78 is 0. The zero-order valence-corrected chi connectivity index (χ0v) is 16.7. The van der Waals surface area contributed by atoms with Crippen molar-refractivity contribution >= 4 is 23.1 Å². The number of hydrogen-bond donors (Lipinski definition) is 3. The van der Waals surface area contributed by atoms with E-state index in [-0.39, 0.29) is 34.1 Å². The lowest BCUT2D eigenvalue weighted by atomic mass is 9.86. The lowest BCUT2D eigenvalue weighted by Gasteiger charge is -2.19. The van der Waals surface area contributed by atoms with E-state index >= 15 is 0 Å². The van der Waals surface area contributed by atoms with Crippen LogP contribution in [0.1, 0.15) is 52.6 Å². The normalized spacial score (nSPS) is 11.1. The van der Waals surface area contributed by atoms with Crippen LogP contribution in [0, 0.1) is 0 Å². The smallest absolute Gasteiger partial charge is 0.255 e. The number of carbonyl (C=O) groups excluding carboxylic acids is 2. The molecule has 3 aromatic carbocycles. The Morgan fingerprint density at radius 2 is 1.45 bits per heavy atom. The van der Waals surface area contributed by atoms with Gasteiger partial charge in [0.25, 0.3) is 5.91 Å². The van der Waals surface area contributed by atoms with Gasteiger partial charge in [0, 0.05) is 16.7 Å². The highest BCUT2D eigenvalue weighted by Gasteiger charge is 2.19. The quantitative estimate of drug-likeness (QED) is 0.444. The molecule has 5 nitrogen and oxygen atoms in total. The Hall–Kier alpha value is -3.60. The van der Waals surface area contributed by atoms with Gasteiger partial charge in [-0.2, -0.15) is 0 Å². The minimum absolute atomic E-state index is 0.0113. The number of rotatable bonds is 4. The zero-order chi connectivity index (χ0) is 21.2. The molecule has 0 heterocycles. The summed E-state index contributed by atoms with van der Waals surface area (Å²) in [5, 5.41) is 12.2. The number of phenols is 1. The van der Waals surface area contributed by atoms with Crippen molar-refractivity contribution in [2.24, 2.45) is 0 Å². The maximum absolute atomic E-state index is 12.9. The van der Waals surface area contributed by atoms with E-state index in [0.29, 0.717) is 16.8 Å². The molecule has 0 atom stereocenters. The van der Waals surface area contributed by atoms with E-state index in [9.17, 15) is 14.7 Å². The summed E-state index contributed by atoms with van der Waals surface area (Å²) in [4.78, 5) is 25.7. The Balaban J connectivity index is 1.90. The van der Waals surface area contributed by atoms with Crippen LogP contribution in [0.2, 0.25) is 0 Å². The molecule has 0 radical (unpaired) electrons. The van der Waals surface area contributed by atoms with Crippen LogP contribution in [0.4, 0.5) is 11.4 Å². The van der Waals surface area contributed by atoms with E-state index < -0.39 is 0 Å². The molecule has 0 saturated heterocycles. The molecule has 3 rings (SSSR count). The number of anilines is 2. The minimum atomic E-state index is -0.344. The molecule has 1 amide bonds. The maximum Gasteiger partial charge on any atom is 0.255 e. The molecule has 3 aromatic rings. The van der Waals surface area contributed by atoms with Gasteiger partial charge >= 0.3 is 0 Å². The second-order valence-corrected chi connectivity index (χ2v) is 7.93. The fourth-order valence-electron chi connectivity index (χ4n) is 2.97. The van der Waals surface area contributed by atoms with Gasteiger partial charge in [-0.1, -0.05) is 39.0 Å². The van der Waals surface area contributed by atoms with Crippen molar-refractivity contribution in [1.29, 1.82) is 0 Å². The third kappa shape index (κ3) is 4.46. The second kappa shape index (κ2) is 7.80. The fraction of sp³-hybridized carbons (Fsp3) is 0.167. The molecule has 0 spiro atoms. The number of nitrogen functional groups attached to an aromatic ring is 1. The molecule has 4 N–H and O–H groups in total. The van der Waals surface area contributed by atoms with Gasteiger partial charge in [0.1, 0.15) is 5.75 Å². The summed E-state index contributed by atoms with van der Waals surface area (Å²) in [5.74, 6) is -0.569. The van der Waals surface area contributed by atoms with Crippen molar-refractivity contribution in [3.63, 3.8) is 0 Å². The van der Waals surface area contributed by atoms with Crippen molar-refractivity contribution in [1.82, 2.24) is 0 Å². The fourth-order valence-corrected chi connectivity index (χ4v) is 2.97. The van der Waals surface area contributed by atoms with E-state index in [2.05, 4.69) is 26.1 Å². The lowest BCUT2D eigenvalue weighted by molar-refractivity contribution is 0.102. The molecule has 0 aliphatic rings. The van der Waals surface area contributed by atoms with Crippen molar-refractivity contribution in [3.05, 3.63) is 89.0 Å². The van der Waals surface area contributed by atoms with Crippen molar-refractivity contribution in [3.8, 4) is 5.75 Å². The predicted octanol–water partition coefficient (Wildman–Crippen LogP) is 4.76. The molecule has 5 heteroatoms. The number of amides is 1. The molecule has 0 fully saturated rings. The van der Waals surface area contributed by atoms with E-state index in [4.69, 9.17) is 5.73 Å². The van der Waals surface area contributed by atoms with E-state index in [0.717, 1.165) is 5.56 Å². The Kier molecular flexibility index (Phi) is 5.41. The van der Waals surface area contributed by atoms with Crippen molar-refractivity contribution in [2.45, 2.75) is 26.2 Å². The van der Waals surface area contributed by atoms with Crippen LogP contribution in [0.3, 0.4) is 0 Å². The van der Waals surface area contributed by atoms with Gasteiger partial charge < -0.3 is 16.2 Å². The number of phenolic OH excluding ortho intramolecular Hbond substituents is 1. The highest BCUT2D eigenvalue weighted by Crippen LogP contribution is 2.28. The number of para-hydroxylation sites is 1. The predicted molar refractivity (Wildman–Crippen MR) is 115 cm³/mol. The zero-order valence-electron chi connectivity index (χ0n) is 16.7. The monoisotopic (exact) mass is 388 g/mol. The summed E-state index contributed by atoms with van der Waals surface area (Å²) >= 11 is 0. The highest BCUT2D eigenvalue weighted by atomic mass is 16.3. The number of aromatic hydroxyl groups is 1. The average Bonchev–Trinajstić information content (AvgIpc) is 2.69. The Morgan fingerprint density at radius 3 is 2.03 bits per heavy atom. The molecule has 29 heavy (non-hydrogen) atoms. The topological polar surface area (TPSA) is 92.4 Å². The lowest BCUT2D eigenvalue weighted by Crippen LogP contribution is -2.17. The van der Waals surface area contributed by atoms with Crippen LogP contribution in [0.5, 0.6) is 5.75 Å². The van der Waals surface area contributed by atoms with E-state index in [1.54, 1.807) is 30.3 Å². The minimum Gasteiger partial charge on any atom is -0.508 e. The number of nitrogens with two attached hydrogens (primary N) is 1. The molecule has 0 aliphatic heterocycles. The van der Waals surface area contributed by atoms with Crippen LogP contribution in [-0.2, 0) is 5.41 Å². The molecule has 0 bridgehead atoms. The summed E-state index contributed by atoms with van der Waals surface area (Å²) in [6.07, 6.45) is 0. The average molecular weight is 388 g/mol. The standard InChI is InChI=1S/C24H24N2O3/c1-24(2,3)17-11-7-16(8-12-17)23(29)26-21-19(5-4-6-20(21)25)22(28)15-9-13-18(27)14-10-15/h4-14,27H,25H2,1-3H3,(H,26,29). The van der Waals surface area contributed by atoms with E-state index in [1.165, 1.54) is 24.3 Å². The molecular formula is C24H24N2O3. The molecular weight excluding hydrogens is 364 g/mol.